The minimum absolute atomic E-state index is 0.00121. The molecule has 0 aliphatic carbocycles. The van der Waals surface area contributed by atoms with E-state index in [9.17, 15) is 13.2 Å². The average Bonchev–Trinajstić information content (AvgIpc) is 3.39. The van der Waals surface area contributed by atoms with Crippen LogP contribution in [0, 0.1) is 6.92 Å². The zero-order valence-electron chi connectivity index (χ0n) is 19.1. The minimum Gasteiger partial charge on any atom is -0.493 e. The van der Waals surface area contributed by atoms with E-state index in [1.807, 2.05) is 48.1 Å². The summed E-state index contributed by atoms with van der Waals surface area (Å²) in [5.41, 5.74) is 5.09. The summed E-state index contributed by atoms with van der Waals surface area (Å²) in [4.78, 5) is 12.8. The Balaban J connectivity index is 1.52. The number of rotatable bonds is 8. The highest BCUT2D eigenvalue weighted by Crippen LogP contribution is 2.30. The van der Waals surface area contributed by atoms with Gasteiger partial charge in [0.25, 0.3) is 5.91 Å². The number of benzene rings is 3. The number of methoxy groups -OCH3 is 1. The summed E-state index contributed by atoms with van der Waals surface area (Å²) >= 11 is 0. The third kappa shape index (κ3) is 5.59. The van der Waals surface area contributed by atoms with E-state index in [4.69, 9.17) is 8.92 Å². The summed E-state index contributed by atoms with van der Waals surface area (Å²) < 4.78 is 37.8. The van der Waals surface area contributed by atoms with Crippen molar-refractivity contribution in [1.82, 2.24) is 9.99 Å². The van der Waals surface area contributed by atoms with Gasteiger partial charge in [0.2, 0.25) is 0 Å². The van der Waals surface area contributed by atoms with Crippen molar-refractivity contribution >= 4 is 22.2 Å². The Hall–Kier alpha value is -4.37. The van der Waals surface area contributed by atoms with Crippen molar-refractivity contribution in [3.8, 4) is 17.2 Å². The summed E-state index contributed by atoms with van der Waals surface area (Å²) in [6.07, 6.45) is 5.08. The number of aryl methyl sites for hydroxylation is 1. The third-order valence-corrected chi connectivity index (χ3v) is 6.36. The molecular weight excluding hydrogens is 466 g/mol. The summed E-state index contributed by atoms with van der Waals surface area (Å²) in [5.74, 6) is -0.152. The molecule has 4 aromatic rings. The Morgan fingerprint density at radius 2 is 1.66 bits per heavy atom. The van der Waals surface area contributed by atoms with Crippen LogP contribution in [-0.2, 0) is 10.1 Å². The fourth-order valence-electron chi connectivity index (χ4n) is 3.32. The number of nitrogens with one attached hydrogen (secondary N) is 1. The lowest BCUT2D eigenvalue weighted by Gasteiger charge is -2.11. The van der Waals surface area contributed by atoms with Crippen LogP contribution in [-0.4, -0.2) is 32.2 Å². The first-order valence-electron chi connectivity index (χ1n) is 10.6. The molecule has 0 radical (unpaired) electrons. The largest absolute Gasteiger partial charge is 0.493 e. The molecule has 0 bridgehead atoms. The van der Waals surface area contributed by atoms with E-state index in [0.717, 1.165) is 5.56 Å². The second kappa shape index (κ2) is 10.3. The number of carbonyl (C=O) groups excluding carboxylic acids is 1. The molecule has 8 nitrogen and oxygen atoms in total. The van der Waals surface area contributed by atoms with Crippen LogP contribution in [0.3, 0.4) is 0 Å². The maximum absolute atomic E-state index is 12.7. The second-order valence-corrected chi connectivity index (χ2v) is 9.11. The first-order valence-corrected chi connectivity index (χ1v) is 12.0. The topological polar surface area (TPSA) is 99.0 Å². The molecule has 4 rings (SSSR count). The molecule has 0 saturated heterocycles. The van der Waals surface area contributed by atoms with Crippen molar-refractivity contribution < 1.29 is 22.1 Å². The van der Waals surface area contributed by atoms with Crippen LogP contribution in [0.4, 0.5) is 0 Å². The number of nitrogens with zero attached hydrogens (tertiary/aromatic N) is 2. The molecular formula is C26H23N3O5S. The highest BCUT2D eigenvalue weighted by atomic mass is 32.2. The van der Waals surface area contributed by atoms with Gasteiger partial charge >= 0.3 is 10.1 Å². The Morgan fingerprint density at radius 1 is 0.943 bits per heavy atom. The number of hydrogen-bond donors (Lipinski definition) is 1. The fourth-order valence-corrected chi connectivity index (χ4v) is 4.25. The minimum atomic E-state index is -4.07. The van der Waals surface area contributed by atoms with Gasteiger partial charge in [0.1, 0.15) is 4.90 Å². The predicted molar refractivity (Wildman–Crippen MR) is 133 cm³/mol. The number of ether oxygens (including phenoxy) is 1. The molecule has 1 heterocycles. The quantitative estimate of drug-likeness (QED) is 0.226. The molecule has 9 heteroatoms. The zero-order valence-corrected chi connectivity index (χ0v) is 19.9. The standard InChI is InChI=1S/C26H23N3O5S/c1-19-9-12-21(13-10-19)35(31,32)34-25-17-20(11-14-24(25)33-2)18-27-28-26(30)22-7-3-4-8-23(22)29-15-5-6-16-29/h3-18H,1-2H3,(H,28,30)/b27-18-. The van der Waals surface area contributed by atoms with Crippen LogP contribution in [0.5, 0.6) is 11.5 Å². The molecule has 1 aromatic heterocycles. The zero-order chi connectivity index (χ0) is 24.8. The lowest BCUT2D eigenvalue weighted by atomic mass is 10.1. The van der Waals surface area contributed by atoms with Crippen molar-refractivity contribution in [1.29, 1.82) is 0 Å². The van der Waals surface area contributed by atoms with Crippen LogP contribution in [0.2, 0.25) is 0 Å². The molecule has 0 atom stereocenters. The molecule has 0 aliphatic heterocycles. The van der Waals surface area contributed by atoms with Crippen LogP contribution < -0.4 is 14.3 Å². The van der Waals surface area contributed by atoms with Crippen LogP contribution >= 0.6 is 0 Å². The normalized spacial score (nSPS) is 11.4. The van der Waals surface area contributed by atoms with Gasteiger partial charge in [0.15, 0.2) is 11.5 Å². The molecule has 0 spiro atoms. The SMILES string of the molecule is COc1ccc(/C=N\NC(=O)c2ccccc2-n2cccc2)cc1OS(=O)(=O)c1ccc(C)cc1. The maximum Gasteiger partial charge on any atom is 0.339 e. The van der Waals surface area contributed by atoms with E-state index in [1.165, 1.54) is 31.5 Å². The highest BCUT2D eigenvalue weighted by Gasteiger charge is 2.19. The summed E-state index contributed by atoms with van der Waals surface area (Å²) in [6.45, 7) is 1.86. The first-order chi connectivity index (χ1) is 16.9. The Kier molecular flexibility index (Phi) is 6.98. The number of amides is 1. The van der Waals surface area contributed by atoms with Gasteiger partial charge in [-0.2, -0.15) is 13.5 Å². The van der Waals surface area contributed by atoms with Crippen molar-refractivity contribution in [3.63, 3.8) is 0 Å². The Bertz CT molecular complexity index is 1460. The second-order valence-electron chi connectivity index (χ2n) is 7.57. The van der Waals surface area contributed by atoms with Gasteiger partial charge in [-0.3, -0.25) is 4.79 Å². The fraction of sp³-hybridized carbons (Fsp3) is 0.0769. The van der Waals surface area contributed by atoms with Crippen LogP contribution in [0.25, 0.3) is 5.69 Å². The Morgan fingerprint density at radius 3 is 2.37 bits per heavy atom. The molecule has 1 amide bonds. The third-order valence-electron chi connectivity index (χ3n) is 5.11. The van der Waals surface area contributed by atoms with Gasteiger partial charge in [-0.15, -0.1) is 0 Å². The number of carbonyl (C=O) groups is 1. The number of aromatic nitrogens is 1. The molecule has 0 saturated carbocycles. The summed E-state index contributed by atoms with van der Waals surface area (Å²) in [7, 11) is -2.66. The van der Waals surface area contributed by atoms with Crippen molar-refractivity contribution in [2.75, 3.05) is 7.11 Å². The number of para-hydroxylation sites is 1. The van der Waals surface area contributed by atoms with Gasteiger partial charge in [-0.25, -0.2) is 5.43 Å². The molecule has 178 valence electrons. The van der Waals surface area contributed by atoms with Crippen molar-refractivity contribution in [2.24, 2.45) is 5.10 Å². The Labute approximate surface area is 203 Å². The smallest absolute Gasteiger partial charge is 0.339 e. The molecule has 0 fully saturated rings. The molecule has 35 heavy (non-hydrogen) atoms. The van der Waals surface area contributed by atoms with Gasteiger partial charge in [-0.1, -0.05) is 29.8 Å². The molecule has 1 N–H and O–H groups in total. The van der Waals surface area contributed by atoms with Crippen LogP contribution in [0.1, 0.15) is 21.5 Å². The van der Waals surface area contributed by atoms with Gasteiger partial charge in [-0.05, 0) is 67.1 Å². The lowest BCUT2D eigenvalue weighted by Crippen LogP contribution is -2.19. The van der Waals surface area contributed by atoms with E-state index in [0.29, 0.717) is 16.8 Å². The van der Waals surface area contributed by atoms with E-state index in [2.05, 4.69) is 10.5 Å². The van der Waals surface area contributed by atoms with Crippen molar-refractivity contribution in [2.45, 2.75) is 11.8 Å². The van der Waals surface area contributed by atoms with E-state index < -0.39 is 16.0 Å². The van der Waals surface area contributed by atoms with E-state index in [-0.39, 0.29) is 16.4 Å². The monoisotopic (exact) mass is 489 g/mol. The van der Waals surface area contributed by atoms with Gasteiger partial charge in [0, 0.05) is 12.4 Å². The average molecular weight is 490 g/mol. The maximum atomic E-state index is 12.7. The van der Waals surface area contributed by atoms with Crippen LogP contribution in [0.15, 0.2) is 101 Å². The summed E-state index contributed by atoms with van der Waals surface area (Å²) in [5, 5.41) is 4.02. The van der Waals surface area contributed by atoms with E-state index in [1.54, 1.807) is 36.4 Å². The lowest BCUT2D eigenvalue weighted by molar-refractivity contribution is 0.0955. The predicted octanol–water partition coefficient (Wildman–Crippen LogP) is 4.33. The first kappa shape index (κ1) is 23.8. The molecule has 0 aliphatic rings. The highest BCUT2D eigenvalue weighted by molar-refractivity contribution is 7.87. The van der Waals surface area contributed by atoms with E-state index >= 15 is 0 Å². The molecule has 0 unspecified atom stereocenters. The number of hydrazone groups is 1. The van der Waals surface area contributed by atoms with Gasteiger partial charge in [0.05, 0.1) is 24.6 Å². The van der Waals surface area contributed by atoms with Crippen molar-refractivity contribution in [3.05, 3.63) is 108 Å². The van der Waals surface area contributed by atoms with Gasteiger partial charge < -0.3 is 13.5 Å². The number of hydrogen-bond acceptors (Lipinski definition) is 6. The summed E-state index contributed by atoms with van der Waals surface area (Å²) in [6, 6.07) is 21.9. The molecule has 3 aromatic carbocycles.